The van der Waals surface area contributed by atoms with E-state index in [1.165, 1.54) is 12.1 Å². The Hall–Kier alpha value is -3.54. The van der Waals surface area contributed by atoms with Crippen LogP contribution in [0.1, 0.15) is 39.4 Å². The number of benzene rings is 3. The predicted molar refractivity (Wildman–Crippen MR) is 125 cm³/mol. The number of halogens is 4. The highest BCUT2D eigenvalue weighted by Gasteiger charge is 2.34. The Bertz CT molecular complexity index is 1220. The van der Waals surface area contributed by atoms with Crippen molar-refractivity contribution in [3.63, 3.8) is 0 Å². The Morgan fingerprint density at radius 3 is 2.43 bits per heavy atom. The van der Waals surface area contributed by atoms with Gasteiger partial charge in [0.15, 0.2) is 0 Å². The van der Waals surface area contributed by atoms with Gasteiger partial charge in [-0.2, -0.15) is 5.26 Å². The van der Waals surface area contributed by atoms with Crippen LogP contribution < -0.4 is 15.4 Å². The Labute approximate surface area is 205 Å². The molecule has 1 aliphatic heterocycles. The molecule has 1 heterocycles. The van der Waals surface area contributed by atoms with E-state index < -0.39 is 18.0 Å². The summed E-state index contributed by atoms with van der Waals surface area (Å²) < 4.78 is 40.9. The smallest absolute Gasteiger partial charge is 0.406 e. The van der Waals surface area contributed by atoms with Gasteiger partial charge in [-0.15, -0.1) is 13.2 Å². The summed E-state index contributed by atoms with van der Waals surface area (Å²) in [6, 6.07) is 21.6. The summed E-state index contributed by atoms with van der Waals surface area (Å²) in [5.41, 5.74) is 2.67. The van der Waals surface area contributed by atoms with Gasteiger partial charge in [0, 0.05) is 35.1 Å². The highest BCUT2D eigenvalue weighted by atomic mass is 35.5. The van der Waals surface area contributed by atoms with Gasteiger partial charge in [-0.1, -0.05) is 41.9 Å². The second-order valence-corrected chi connectivity index (χ2v) is 8.66. The molecule has 5 nitrogen and oxygen atoms in total. The number of nitrogens with zero attached hydrogens (tertiary/aromatic N) is 1. The van der Waals surface area contributed by atoms with Crippen molar-refractivity contribution in [2.24, 2.45) is 0 Å². The van der Waals surface area contributed by atoms with E-state index in [2.05, 4.69) is 21.4 Å². The summed E-state index contributed by atoms with van der Waals surface area (Å²) in [6.07, 6.45) is -4.20. The SMILES string of the molecule is N#Cc1ccccc1C(c1ccc(Cl)cc1)C1C[C@@H](NC(=O)c2ccc(OC(F)(F)F)cc2)CN1. The molecule has 1 saturated heterocycles. The lowest BCUT2D eigenvalue weighted by molar-refractivity contribution is -0.274. The van der Waals surface area contributed by atoms with Gasteiger partial charge in [-0.3, -0.25) is 4.79 Å². The highest BCUT2D eigenvalue weighted by Crippen LogP contribution is 2.34. The van der Waals surface area contributed by atoms with Crippen molar-refractivity contribution in [3.8, 4) is 11.8 Å². The zero-order valence-corrected chi connectivity index (χ0v) is 19.1. The molecule has 0 aromatic heterocycles. The average Bonchev–Trinajstić information content (AvgIpc) is 3.28. The van der Waals surface area contributed by atoms with Crippen molar-refractivity contribution >= 4 is 17.5 Å². The molecule has 0 aliphatic carbocycles. The molecular formula is C26H21ClF3N3O2. The maximum atomic E-state index is 12.7. The van der Waals surface area contributed by atoms with Crippen molar-refractivity contribution in [1.82, 2.24) is 10.6 Å². The Morgan fingerprint density at radius 2 is 1.77 bits per heavy atom. The van der Waals surface area contributed by atoms with Gasteiger partial charge in [0.05, 0.1) is 11.6 Å². The minimum absolute atomic E-state index is 0.0708. The largest absolute Gasteiger partial charge is 0.573 e. The molecule has 3 aromatic carbocycles. The number of nitrogens with one attached hydrogen (secondary N) is 2. The van der Waals surface area contributed by atoms with Gasteiger partial charge < -0.3 is 15.4 Å². The van der Waals surface area contributed by atoms with Crippen LogP contribution in [-0.2, 0) is 0 Å². The van der Waals surface area contributed by atoms with Crippen LogP contribution in [0.5, 0.6) is 5.75 Å². The van der Waals surface area contributed by atoms with Crippen LogP contribution in [0.4, 0.5) is 13.2 Å². The molecule has 180 valence electrons. The minimum atomic E-state index is -4.79. The molecule has 0 saturated carbocycles. The second-order valence-electron chi connectivity index (χ2n) is 8.22. The van der Waals surface area contributed by atoms with E-state index in [0.29, 0.717) is 23.6 Å². The molecule has 3 aromatic rings. The van der Waals surface area contributed by atoms with E-state index in [1.54, 1.807) is 18.2 Å². The number of ether oxygens (including phenoxy) is 1. The summed E-state index contributed by atoms with van der Waals surface area (Å²) in [4.78, 5) is 12.7. The van der Waals surface area contributed by atoms with Crippen molar-refractivity contribution in [1.29, 1.82) is 5.26 Å². The molecule has 9 heteroatoms. The predicted octanol–water partition coefficient (Wildman–Crippen LogP) is 5.40. The summed E-state index contributed by atoms with van der Waals surface area (Å²) in [7, 11) is 0. The van der Waals surface area contributed by atoms with Crippen molar-refractivity contribution in [2.75, 3.05) is 6.54 Å². The van der Waals surface area contributed by atoms with Crippen molar-refractivity contribution in [2.45, 2.75) is 30.8 Å². The summed E-state index contributed by atoms with van der Waals surface area (Å²) in [5.74, 6) is -0.932. The fourth-order valence-corrected chi connectivity index (χ4v) is 4.50. The van der Waals surface area contributed by atoms with Gasteiger partial charge in [0.2, 0.25) is 0 Å². The average molecular weight is 500 g/mol. The number of hydrogen-bond donors (Lipinski definition) is 2. The molecule has 1 amide bonds. The number of carbonyl (C=O) groups is 1. The van der Waals surface area contributed by atoms with Crippen LogP contribution >= 0.6 is 11.6 Å². The quantitative estimate of drug-likeness (QED) is 0.476. The zero-order chi connectivity index (χ0) is 25.0. The molecule has 0 bridgehead atoms. The number of hydrogen-bond acceptors (Lipinski definition) is 4. The first-order valence-electron chi connectivity index (χ1n) is 10.9. The lowest BCUT2D eigenvalue weighted by atomic mass is 9.82. The molecule has 1 fully saturated rings. The third-order valence-electron chi connectivity index (χ3n) is 5.90. The molecule has 4 rings (SSSR count). The highest BCUT2D eigenvalue weighted by molar-refractivity contribution is 6.30. The van der Waals surface area contributed by atoms with E-state index in [0.717, 1.165) is 23.3 Å². The molecular weight excluding hydrogens is 479 g/mol. The van der Waals surface area contributed by atoms with E-state index in [4.69, 9.17) is 11.6 Å². The molecule has 3 atom stereocenters. The van der Waals surface area contributed by atoms with Gasteiger partial charge in [-0.05, 0) is 60.0 Å². The van der Waals surface area contributed by atoms with Crippen LogP contribution in [0.3, 0.4) is 0 Å². The van der Waals surface area contributed by atoms with E-state index in [9.17, 15) is 23.2 Å². The minimum Gasteiger partial charge on any atom is -0.406 e. The van der Waals surface area contributed by atoms with Crippen LogP contribution in [-0.4, -0.2) is 30.9 Å². The standard InChI is InChI=1S/C26H21ClF3N3O2/c27-19-9-5-16(6-10-19)24(22-4-2-1-3-18(22)14-31)23-13-20(15-32-23)33-25(34)17-7-11-21(12-8-17)35-26(28,29)30/h1-12,20,23-24,32H,13,15H2,(H,33,34)/t20-,23?,24?/m1/s1. The Morgan fingerprint density at radius 1 is 1.09 bits per heavy atom. The van der Waals surface area contributed by atoms with Gasteiger partial charge in [0.25, 0.3) is 5.91 Å². The van der Waals surface area contributed by atoms with Crippen LogP contribution in [0.2, 0.25) is 5.02 Å². The zero-order valence-electron chi connectivity index (χ0n) is 18.4. The normalized spacial score (nSPS) is 18.5. The third-order valence-corrected chi connectivity index (χ3v) is 6.15. The van der Waals surface area contributed by atoms with E-state index in [-0.39, 0.29) is 23.6 Å². The van der Waals surface area contributed by atoms with Gasteiger partial charge in [-0.25, -0.2) is 0 Å². The first-order valence-corrected chi connectivity index (χ1v) is 11.3. The Balaban J connectivity index is 1.49. The van der Waals surface area contributed by atoms with E-state index >= 15 is 0 Å². The molecule has 2 unspecified atom stereocenters. The van der Waals surface area contributed by atoms with E-state index in [1.807, 2.05) is 30.3 Å². The summed E-state index contributed by atoms with van der Waals surface area (Å²) >= 11 is 6.08. The number of carbonyl (C=O) groups excluding carboxylic acids is 1. The lowest BCUT2D eigenvalue weighted by Crippen LogP contribution is -2.36. The van der Waals surface area contributed by atoms with Crippen LogP contribution in [0, 0.1) is 11.3 Å². The van der Waals surface area contributed by atoms with Crippen molar-refractivity contribution < 1.29 is 22.7 Å². The topological polar surface area (TPSA) is 74.2 Å². The molecule has 0 spiro atoms. The Kier molecular flexibility index (Phi) is 7.29. The van der Waals surface area contributed by atoms with Gasteiger partial charge >= 0.3 is 6.36 Å². The maximum Gasteiger partial charge on any atom is 0.573 e. The monoisotopic (exact) mass is 499 g/mol. The number of amides is 1. The molecule has 1 aliphatic rings. The number of nitriles is 1. The number of rotatable bonds is 6. The maximum absolute atomic E-state index is 12.7. The van der Waals surface area contributed by atoms with Crippen LogP contribution in [0.25, 0.3) is 0 Å². The molecule has 0 radical (unpaired) electrons. The summed E-state index contributed by atoms with van der Waals surface area (Å²) in [5, 5.41) is 16.7. The fraction of sp³-hybridized carbons (Fsp3) is 0.231. The fourth-order valence-electron chi connectivity index (χ4n) is 4.38. The third kappa shape index (κ3) is 6.13. The first-order chi connectivity index (χ1) is 16.7. The first kappa shape index (κ1) is 24.6. The van der Waals surface area contributed by atoms with Crippen molar-refractivity contribution in [3.05, 3.63) is 100 Å². The number of alkyl halides is 3. The van der Waals surface area contributed by atoms with Crippen LogP contribution in [0.15, 0.2) is 72.8 Å². The second kappa shape index (κ2) is 10.4. The molecule has 2 N–H and O–H groups in total. The van der Waals surface area contributed by atoms with Gasteiger partial charge in [0.1, 0.15) is 5.75 Å². The lowest BCUT2D eigenvalue weighted by Gasteiger charge is -2.26. The summed E-state index contributed by atoms with van der Waals surface area (Å²) in [6.45, 7) is 0.504. The molecule has 35 heavy (non-hydrogen) atoms.